The summed E-state index contributed by atoms with van der Waals surface area (Å²) in [6.45, 7) is 2.22. The van der Waals surface area contributed by atoms with Gasteiger partial charge in [0.1, 0.15) is 5.03 Å². The molecule has 2 heterocycles. The number of nitrogens with zero attached hydrogens (tertiary/aromatic N) is 3. The van der Waals surface area contributed by atoms with Crippen molar-refractivity contribution in [2.45, 2.75) is 29.3 Å². The molecule has 0 radical (unpaired) electrons. The third-order valence-corrected chi connectivity index (χ3v) is 6.62. The highest BCUT2D eigenvalue weighted by atomic mass is 79.9. The van der Waals surface area contributed by atoms with Crippen LogP contribution in [0.5, 0.6) is 0 Å². The molecule has 0 unspecified atom stereocenters. The summed E-state index contributed by atoms with van der Waals surface area (Å²) in [5.41, 5.74) is 1.12. The van der Waals surface area contributed by atoms with Crippen LogP contribution in [0.2, 0.25) is 0 Å². The second-order valence-corrected chi connectivity index (χ2v) is 9.26. The van der Waals surface area contributed by atoms with Crippen molar-refractivity contribution in [3.05, 3.63) is 76.8 Å². The summed E-state index contributed by atoms with van der Waals surface area (Å²) in [6.07, 6.45) is 1.66. The standard InChI is InChI=1S/C23H23BrN4OS/c24-19-6-8-20(9-7-19)30-22-11-10-21(26-27-22)28-14-12-18(13-15-28)23(29)25-16-17-4-2-1-3-5-17/h1-11,18H,12-16H2,(H,25,29). The van der Waals surface area contributed by atoms with Crippen molar-refractivity contribution in [1.82, 2.24) is 15.5 Å². The van der Waals surface area contributed by atoms with E-state index in [1.54, 1.807) is 11.8 Å². The van der Waals surface area contributed by atoms with E-state index in [1.807, 2.05) is 54.6 Å². The van der Waals surface area contributed by atoms with Gasteiger partial charge in [-0.05, 0) is 54.8 Å². The molecule has 0 aliphatic carbocycles. The summed E-state index contributed by atoms with van der Waals surface area (Å²) in [4.78, 5) is 15.8. The number of hydrogen-bond donors (Lipinski definition) is 1. The van der Waals surface area contributed by atoms with E-state index in [0.717, 1.165) is 51.7 Å². The highest BCUT2D eigenvalue weighted by molar-refractivity contribution is 9.10. The van der Waals surface area contributed by atoms with Crippen LogP contribution in [0, 0.1) is 5.92 Å². The quantitative estimate of drug-likeness (QED) is 0.539. The molecule has 1 aliphatic heterocycles. The van der Waals surface area contributed by atoms with Gasteiger partial charge in [0.2, 0.25) is 5.91 Å². The molecule has 0 spiro atoms. The molecule has 154 valence electrons. The zero-order valence-electron chi connectivity index (χ0n) is 16.5. The molecule has 4 rings (SSSR count). The lowest BCUT2D eigenvalue weighted by molar-refractivity contribution is -0.125. The minimum Gasteiger partial charge on any atom is -0.355 e. The number of carbonyl (C=O) groups is 1. The first kappa shape index (κ1) is 20.9. The highest BCUT2D eigenvalue weighted by Crippen LogP contribution is 2.28. The molecule has 1 fully saturated rings. The molecule has 0 saturated carbocycles. The third kappa shape index (κ3) is 5.61. The fraction of sp³-hybridized carbons (Fsp3) is 0.261. The van der Waals surface area contributed by atoms with E-state index in [2.05, 4.69) is 48.5 Å². The lowest BCUT2D eigenvalue weighted by atomic mass is 9.96. The fourth-order valence-corrected chi connectivity index (χ4v) is 4.46. The van der Waals surface area contributed by atoms with E-state index in [0.29, 0.717) is 6.54 Å². The van der Waals surface area contributed by atoms with Crippen LogP contribution in [0.25, 0.3) is 0 Å². The average Bonchev–Trinajstić information content (AvgIpc) is 2.80. The van der Waals surface area contributed by atoms with Gasteiger partial charge in [0.05, 0.1) is 0 Å². The fourth-order valence-electron chi connectivity index (χ4n) is 3.46. The van der Waals surface area contributed by atoms with E-state index in [-0.39, 0.29) is 11.8 Å². The number of anilines is 1. The van der Waals surface area contributed by atoms with Crippen LogP contribution in [-0.4, -0.2) is 29.2 Å². The van der Waals surface area contributed by atoms with Crippen molar-refractivity contribution in [3.8, 4) is 0 Å². The van der Waals surface area contributed by atoms with Gasteiger partial charge in [-0.2, -0.15) is 0 Å². The summed E-state index contributed by atoms with van der Waals surface area (Å²) in [7, 11) is 0. The van der Waals surface area contributed by atoms with Crippen LogP contribution < -0.4 is 10.2 Å². The summed E-state index contributed by atoms with van der Waals surface area (Å²) < 4.78 is 1.06. The Bertz CT molecular complexity index is 959. The summed E-state index contributed by atoms with van der Waals surface area (Å²) >= 11 is 5.04. The lowest BCUT2D eigenvalue weighted by Crippen LogP contribution is -2.40. The van der Waals surface area contributed by atoms with Gasteiger partial charge in [0.25, 0.3) is 0 Å². The van der Waals surface area contributed by atoms with Gasteiger partial charge in [-0.1, -0.05) is 58.0 Å². The maximum absolute atomic E-state index is 12.5. The maximum atomic E-state index is 12.5. The third-order valence-electron chi connectivity index (χ3n) is 5.16. The number of nitrogens with one attached hydrogen (secondary N) is 1. The Morgan fingerprint density at radius 3 is 2.40 bits per heavy atom. The Balaban J connectivity index is 1.26. The van der Waals surface area contributed by atoms with E-state index >= 15 is 0 Å². The van der Waals surface area contributed by atoms with Crippen molar-refractivity contribution < 1.29 is 4.79 Å². The van der Waals surface area contributed by atoms with Gasteiger partial charge in [-0.25, -0.2) is 0 Å². The maximum Gasteiger partial charge on any atom is 0.223 e. The normalized spacial score (nSPS) is 14.5. The van der Waals surface area contributed by atoms with Gasteiger partial charge in [-0.3, -0.25) is 4.79 Å². The SMILES string of the molecule is O=C(NCc1ccccc1)C1CCN(c2ccc(Sc3ccc(Br)cc3)nn2)CC1. The number of rotatable bonds is 6. The molecule has 7 heteroatoms. The van der Waals surface area contributed by atoms with E-state index in [9.17, 15) is 4.79 Å². The number of carbonyl (C=O) groups excluding carboxylic acids is 1. The number of aromatic nitrogens is 2. The van der Waals surface area contributed by atoms with Gasteiger partial charge in [0.15, 0.2) is 5.82 Å². The molecule has 3 aromatic rings. The van der Waals surface area contributed by atoms with Gasteiger partial charge >= 0.3 is 0 Å². The zero-order chi connectivity index (χ0) is 20.8. The van der Waals surface area contributed by atoms with Crippen molar-refractivity contribution in [3.63, 3.8) is 0 Å². The molecule has 30 heavy (non-hydrogen) atoms. The second kappa shape index (κ2) is 10.1. The van der Waals surface area contributed by atoms with Crippen LogP contribution in [0.15, 0.2) is 81.1 Å². The Morgan fingerprint density at radius 1 is 1.00 bits per heavy atom. The minimum atomic E-state index is 0.0603. The van der Waals surface area contributed by atoms with Gasteiger partial charge in [-0.15, -0.1) is 10.2 Å². The molecule has 1 saturated heterocycles. The van der Waals surface area contributed by atoms with Crippen LogP contribution in [-0.2, 0) is 11.3 Å². The number of benzene rings is 2. The number of halogens is 1. The largest absolute Gasteiger partial charge is 0.355 e. The van der Waals surface area contributed by atoms with Crippen molar-refractivity contribution in [1.29, 1.82) is 0 Å². The van der Waals surface area contributed by atoms with Crippen LogP contribution in [0.4, 0.5) is 5.82 Å². The molecule has 1 N–H and O–H groups in total. The predicted molar refractivity (Wildman–Crippen MR) is 124 cm³/mol. The molecule has 1 aliphatic rings. The first-order chi connectivity index (χ1) is 14.7. The van der Waals surface area contributed by atoms with Gasteiger partial charge in [0, 0.05) is 34.9 Å². The first-order valence-corrected chi connectivity index (χ1v) is 11.6. The Kier molecular flexibility index (Phi) is 7.02. The second-order valence-electron chi connectivity index (χ2n) is 7.25. The molecule has 0 bridgehead atoms. The Morgan fingerprint density at radius 2 is 1.73 bits per heavy atom. The van der Waals surface area contributed by atoms with Crippen molar-refractivity contribution in [2.75, 3.05) is 18.0 Å². The monoisotopic (exact) mass is 482 g/mol. The van der Waals surface area contributed by atoms with E-state index < -0.39 is 0 Å². The zero-order valence-corrected chi connectivity index (χ0v) is 18.9. The smallest absolute Gasteiger partial charge is 0.223 e. The number of amides is 1. The molecule has 1 aromatic heterocycles. The average molecular weight is 483 g/mol. The number of hydrogen-bond acceptors (Lipinski definition) is 5. The van der Waals surface area contributed by atoms with Crippen LogP contribution in [0.1, 0.15) is 18.4 Å². The van der Waals surface area contributed by atoms with Gasteiger partial charge < -0.3 is 10.2 Å². The van der Waals surface area contributed by atoms with Crippen LogP contribution in [0.3, 0.4) is 0 Å². The van der Waals surface area contributed by atoms with Crippen LogP contribution >= 0.6 is 27.7 Å². The molecule has 5 nitrogen and oxygen atoms in total. The van der Waals surface area contributed by atoms with Crippen molar-refractivity contribution >= 4 is 39.4 Å². The van der Waals surface area contributed by atoms with E-state index in [4.69, 9.17) is 0 Å². The summed E-state index contributed by atoms with van der Waals surface area (Å²) in [5.74, 6) is 1.08. The summed E-state index contributed by atoms with van der Waals surface area (Å²) in [5, 5.41) is 12.7. The molecule has 1 amide bonds. The van der Waals surface area contributed by atoms with E-state index in [1.165, 1.54) is 0 Å². The predicted octanol–water partition coefficient (Wildman–Crippen LogP) is 4.92. The Labute approximate surface area is 189 Å². The molecular weight excluding hydrogens is 460 g/mol. The number of piperidine rings is 1. The molecule has 2 aromatic carbocycles. The lowest BCUT2D eigenvalue weighted by Gasteiger charge is -2.31. The van der Waals surface area contributed by atoms with Crippen molar-refractivity contribution in [2.24, 2.45) is 5.92 Å². The Hall–Kier alpha value is -2.38. The minimum absolute atomic E-state index is 0.0603. The highest BCUT2D eigenvalue weighted by Gasteiger charge is 2.25. The summed E-state index contributed by atoms with van der Waals surface area (Å²) in [6, 6.07) is 22.2. The topological polar surface area (TPSA) is 58.1 Å². The first-order valence-electron chi connectivity index (χ1n) is 10.0. The molecular formula is C23H23BrN4OS. The molecule has 0 atom stereocenters.